The van der Waals surface area contributed by atoms with Gasteiger partial charge in [-0.15, -0.1) is 12.4 Å². The minimum atomic E-state index is -2.39. The molecule has 0 unspecified atom stereocenters. The third kappa shape index (κ3) is 6.05. The average Bonchev–Trinajstić information content (AvgIpc) is 3.42. The van der Waals surface area contributed by atoms with Gasteiger partial charge >= 0.3 is 0 Å². The van der Waals surface area contributed by atoms with E-state index in [2.05, 4.69) is 33.1 Å². The highest BCUT2D eigenvalue weighted by Crippen LogP contribution is 2.24. The van der Waals surface area contributed by atoms with Gasteiger partial charge in [-0.1, -0.05) is 41.9 Å². The van der Waals surface area contributed by atoms with Crippen LogP contribution in [-0.2, 0) is 29.5 Å². The molecule has 1 fully saturated rings. The molecule has 0 bridgehead atoms. The van der Waals surface area contributed by atoms with E-state index in [-0.39, 0.29) is 47.5 Å². The summed E-state index contributed by atoms with van der Waals surface area (Å²) < 4.78 is 23.8. The molecule has 3 N–H and O–H groups in total. The highest BCUT2D eigenvalue weighted by atomic mass is 35.5. The van der Waals surface area contributed by atoms with E-state index in [0.29, 0.717) is 16.9 Å². The summed E-state index contributed by atoms with van der Waals surface area (Å²) in [6.45, 7) is 0.170. The highest BCUT2D eigenvalue weighted by molar-refractivity contribution is 6.35. The molecule has 1 aliphatic heterocycles. The molecule has 2 amide bonds. The van der Waals surface area contributed by atoms with Crippen LogP contribution < -0.4 is 16.0 Å². The summed E-state index contributed by atoms with van der Waals surface area (Å²) in [7, 11) is 0. The van der Waals surface area contributed by atoms with Crippen molar-refractivity contribution in [1.29, 1.82) is 0 Å². The number of carbonyl (C=O) groups excluding carboxylic acids is 2. The first-order chi connectivity index (χ1) is 16.6. The summed E-state index contributed by atoms with van der Waals surface area (Å²) in [6.07, 6.45) is 4.45. The first kappa shape index (κ1) is 21.0. The molecule has 0 spiro atoms. The minimum absolute atomic E-state index is 0. The van der Waals surface area contributed by atoms with Gasteiger partial charge < -0.3 is 20.5 Å². The summed E-state index contributed by atoms with van der Waals surface area (Å²) in [5.74, 6) is -0.153. The molecular formula is C24H29Cl2N5O2. The number of aromatic nitrogens is 2. The Hall–Kier alpha value is -2.61. The molecule has 7 nitrogen and oxygen atoms in total. The van der Waals surface area contributed by atoms with Gasteiger partial charge in [0.25, 0.3) is 0 Å². The molecule has 9 heteroatoms. The van der Waals surface area contributed by atoms with Gasteiger partial charge in [-0.05, 0) is 49.4 Å². The number of nitrogens with zero attached hydrogens (tertiary/aromatic N) is 2. The summed E-state index contributed by atoms with van der Waals surface area (Å²) in [4.78, 5) is 29.5. The zero-order valence-electron chi connectivity index (χ0n) is 21.2. The van der Waals surface area contributed by atoms with Crippen LogP contribution in [0.1, 0.15) is 28.6 Å². The Kier molecular flexibility index (Phi) is 6.99. The van der Waals surface area contributed by atoms with Gasteiger partial charge in [0.05, 0.1) is 11.1 Å². The maximum absolute atomic E-state index is 12.7. The number of amides is 2. The van der Waals surface area contributed by atoms with Crippen molar-refractivity contribution in [3.63, 3.8) is 0 Å². The van der Waals surface area contributed by atoms with E-state index >= 15 is 0 Å². The fourth-order valence-electron chi connectivity index (χ4n) is 4.04. The Morgan fingerprint density at radius 2 is 2.12 bits per heavy atom. The standard InChI is InChI=1S/C24H28ClN5O2.ClH/c1-15(23(31)28-13-18-9-19-20(25)14-30(2)22(19)27-12-18)29-24(32)21-10-17(11-26-21)8-16-6-4-3-5-7-16;/h3-7,9,12,14-15,17,21,26H,8,10-11,13H2,1-2H3,(H,28,31)(H,29,32);1H/t15-,17-,21+;/m0./s1/i2D3;. The van der Waals surface area contributed by atoms with Crippen LogP contribution in [0.3, 0.4) is 0 Å². The Balaban J connectivity index is 0.00000361. The topological polar surface area (TPSA) is 88.0 Å². The Bertz CT molecular complexity index is 1220. The van der Waals surface area contributed by atoms with Gasteiger partial charge in [0.15, 0.2) is 0 Å². The zero-order valence-corrected chi connectivity index (χ0v) is 19.7. The van der Waals surface area contributed by atoms with Crippen molar-refractivity contribution >= 4 is 46.9 Å². The van der Waals surface area contributed by atoms with Crippen molar-refractivity contribution in [3.05, 3.63) is 64.9 Å². The molecule has 3 aromatic rings. The summed E-state index contributed by atoms with van der Waals surface area (Å²) in [6, 6.07) is 10.8. The first-order valence-corrected chi connectivity index (χ1v) is 11.0. The predicted octanol–water partition coefficient (Wildman–Crippen LogP) is 2.99. The van der Waals surface area contributed by atoms with Crippen molar-refractivity contribution < 1.29 is 13.7 Å². The molecule has 3 atom stereocenters. The molecule has 3 heterocycles. The lowest BCUT2D eigenvalue weighted by Gasteiger charge is -2.17. The lowest BCUT2D eigenvalue weighted by molar-refractivity contribution is -0.129. The fraction of sp³-hybridized carbons (Fsp3) is 0.375. The van der Waals surface area contributed by atoms with Crippen LogP contribution in [0.5, 0.6) is 0 Å². The molecule has 0 saturated carbocycles. The van der Waals surface area contributed by atoms with Gasteiger partial charge in [-0.3, -0.25) is 9.59 Å². The van der Waals surface area contributed by atoms with Crippen molar-refractivity contribution in [3.8, 4) is 0 Å². The van der Waals surface area contributed by atoms with Gasteiger partial charge in [-0.2, -0.15) is 0 Å². The maximum Gasteiger partial charge on any atom is 0.242 e. The second kappa shape index (κ2) is 11.0. The summed E-state index contributed by atoms with van der Waals surface area (Å²) in [5, 5.41) is 9.59. The number of aryl methyl sites for hydroxylation is 1. The zero-order chi connectivity index (χ0) is 25.2. The van der Waals surface area contributed by atoms with E-state index in [9.17, 15) is 9.59 Å². The normalized spacial score (nSPS) is 20.2. The Morgan fingerprint density at radius 3 is 2.88 bits per heavy atom. The van der Waals surface area contributed by atoms with Crippen LogP contribution in [0.4, 0.5) is 0 Å². The molecular weight excluding hydrogens is 461 g/mol. The number of fused-ring (bicyclic) bond motifs is 1. The van der Waals surface area contributed by atoms with Crippen LogP contribution in [0.15, 0.2) is 48.8 Å². The molecule has 2 aromatic heterocycles. The molecule has 1 aromatic carbocycles. The SMILES string of the molecule is Cl.[2H]C([2H])([2H])n1cc(Cl)c2cc(CNC(=O)[C@H](C)NC(=O)[C@H]3C[C@H](Cc4ccccc4)CN3)cnc21. The average molecular weight is 493 g/mol. The summed E-state index contributed by atoms with van der Waals surface area (Å²) >= 11 is 6.19. The van der Waals surface area contributed by atoms with Crippen LogP contribution >= 0.6 is 24.0 Å². The van der Waals surface area contributed by atoms with Crippen LogP contribution in [0.2, 0.25) is 5.02 Å². The van der Waals surface area contributed by atoms with E-state index in [0.717, 1.165) is 24.0 Å². The molecule has 1 saturated heterocycles. The van der Waals surface area contributed by atoms with Crippen LogP contribution in [0.25, 0.3) is 11.0 Å². The summed E-state index contributed by atoms with van der Waals surface area (Å²) in [5.41, 5.74) is 2.16. The first-order valence-electron chi connectivity index (χ1n) is 12.1. The number of nitrogens with one attached hydrogen (secondary N) is 3. The van der Waals surface area contributed by atoms with Crippen LogP contribution in [-0.4, -0.2) is 40.0 Å². The van der Waals surface area contributed by atoms with Gasteiger partial charge in [-0.25, -0.2) is 4.98 Å². The number of hydrogen-bond donors (Lipinski definition) is 3. The molecule has 4 rings (SSSR count). The lowest BCUT2D eigenvalue weighted by atomic mass is 9.96. The van der Waals surface area contributed by atoms with Crippen molar-refractivity contribution in [1.82, 2.24) is 25.5 Å². The van der Waals surface area contributed by atoms with E-state index in [4.69, 9.17) is 15.7 Å². The van der Waals surface area contributed by atoms with Gasteiger partial charge in [0.1, 0.15) is 11.7 Å². The molecule has 1 aliphatic rings. The minimum Gasteiger partial charge on any atom is -0.350 e. The Morgan fingerprint density at radius 1 is 1.33 bits per heavy atom. The molecule has 0 radical (unpaired) electrons. The molecule has 0 aliphatic carbocycles. The number of rotatable bonds is 7. The van der Waals surface area contributed by atoms with E-state index in [1.165, 1.54) is 18.0 Å². The van der Waals surface area contributed by atoms with Gasteiger partial charge in [0.2, 0.25) is 11.8 Å². The monoisotopic (exact) mass is 492 g/mol. The fourth-order valence-corrected chi connectivity index (χ4v) is 4.28. The molecule has 176 valence electrons. The quantitative estimate of drug-likeness (QED) is 0.472. The number of hydrogen-bond acceptors (Lipinski definition) is 4. The second-order valence-corrected chi connectivity index (χ2v) is 8.67. The number of pyridine rings is 1. The largest absolute Gasteiger partial charge is 0.350 e. The number of benzene rings is 1. The third-order valence-electron chi connectivity index (χ3n) is 5.78. The van der Waals surface area contributed by atoms with E-state index in [1.807, 2.05) is 18.2 Å². The lowest BCUT2D eigenvalue weighted by Crippen LogP contribution is -2.49. The van der Waals surface area contributed by atoms with Crippen molar-refractivity contribution in [2.24, 2.45) is 12.9 Å². The smallest absolute Gasteiger partial charge is 0.242 e. The van der Waals surface area contributed by atoms with Crippen LogP contribution in [0, 0.1) is 5.92 Å². The van der Waals surface area contributed by atoms with Crippen molar-refractivity contribution in [2.45, 2.75) is 38.4 Å². The second-order valence-electron chi connectivity index (χ2n) is 8.26. The Labute approximate surface area is 208 Å². The maximum atomic E-state index is 12.7. The third-order valence-corrected chi connectivity index (χ3v) is 6.08. The predicted molar refractivity (Wildman–Crippen MR) is 132 cm³/mol. The van der Waals surface area contributed by atoms with E-state index in [1.54, 1.807) is 13.0 Å². The molecule has 33 heavy (non-hydrogen) atoms. The van der Waals surface area contributed by atoms with E-state index < -0.39 is 13.0 Å². The number of halogens is 2. The number of carbonyl (C=O) groups is 2. The van der Waals surface area contributed by atoms with Gasteiger partial charge in [0, 0.05) is 35.4 Å². The van der Waals surface area contributed by atoms with Crippen molar-refractivity contribution in [2.75, 3.05) is 6.54 Å². The highest BCUT2D eigenvalue weighted by Gasteiger charge is 2.30.